The van der Waals surface area contributed by atoms with Gasteiger partial charge in [0.05, 0.1) is 0 Å². The van der Waals surface area contributed by atoms with E-state index < -0.39 is 48.0 Å². The molecular weight excluding hydrogens is 618 g/mol. The first-order chi connectivity index (χ1) is 23.3. The maximum Gasteiger partial charge on any atom is 0.407 e. The molecule has 0 bridgehead atoms. The van der Waals surface area contributed by atoms with Crippen LogP contribution in [0, 0.1) is 0 Å². The zero-order chi connectivity index (χ0) is 34.2. The quantitative estimate of drug-likeness (QED) is 0.133. The van der Waals surface area contributed by atoms with Crippen LogP contribution < -0.4 is 10.6 Å². The number of carbonyl (C=O) groups excluding carboxylic acids is 6. The molecule has 4 rings (SSSR count). The van der Waals surface area contributed by atoms with E-state index in [1.54, 1.807) is 48.5 Å². The topological polar surface area (TPSA) is 157 Å². The van der Waals surface area contributed by atoms with E-state index in [-0.39, 0.29) is 52.0 Å². The number of hydrogen-bond acceptors (Lipinski definition) is 9. The average molecular weight is 658 g/mol. The maximum atomic E-state index is 13.9. The molecule has 1 aliphatic heterocycles. The van der Waals surface area contributed by atoms with Crippen LogP contribution >= 0.6 is 0 Å². The summed E-state index contributed by atoms with van der Waals surface area (Å²) in [5.41, 5.74) is 0.665. The first kappa shape index (κ1) is 35.3. The van der Waals surface area contributed by atoms with Gasteiger partial charge in [-0.1, -0.05) is 91.0 Å². The van der Waals surface area contributed by atoms with Crippen molar-refractivity contribution in [2.45, 2.75) is 63.5 Å². The molecule has 0 spiro atoms. The molecule has 3 aromatic carbocycles. The molecule has 1 heterocycles. The Labute approximate surface area is 278 Å². The second kappa shape index (κ2) is 18.0. The van der Waals surface area contributed by atoms with Crippen LogP contribution in [-0.4, -0.2) is 65.7 Å². The summed E-state index contributed by atoms with van der Waals surface area (Å²) in [6.45, 7) is -0.347. The third kappa shape index (κ3) is 10.2. The van der Waals surface area contributed by atoms with E-state index in [9.17, 15) is 28.8 Å². The summed E-state index contributed by atoms with van der Waals surface area (Å²) in [5.74, 6) is -2.72. The van der Waals surface area contributed by atoms with Gasteiger partial charge in [-0.3, -0.25) is 14.4 Å². The Morgan fingerprint density at radius 2 is 1.31 bits per heavy atom. The summed E-state index contributed by atoms with van der Waals surface area (Å²) in [6, 6.07) is 25.8. The lowest BCUT2D eigenvalue weighted by molar-refractivity contribution is -0.153. The summed E-state index contributed by atoms with van der Waals surface area (Å²) in [4.78, 5) is 78.5. The van der Waals surface area contributed by atoms with Crippen molar-refractivity contribution in [3.8, 4) is 0 Å². The van der Waals surface area contributed by atoms with Gasteiger partial charge < -0.3 is 34.5 Å². The smallest absolute Gasteiger partial charge is 0.407 e. The lowest BCUT2D eigenvalue weighted by atomic mass is 9.90. The van der Waals surface area contributed by atoms with Crippen LogP contribution in [-0.2, 0) is 58.0 Å². The van der Waals surface area contributed by atoms with Gasteiger partial charge in [-0.25, -0.2) is 9.59 Å². The number of esters is 2. The second-order valence-corrected chi connectivity index (χ2v) is 11.3. The van der Waals surface area contributed by atoms with Crippen molar-refractivity contribution in [3.05, 3.63) is 108 Å². The zero-order valence-electron chi connectivity index (χ0n) is 26.5. The van der Waals surface area contributed by atoms with Crippen LogP contribution in [0.1, 0.15) is 48.8 Å². The van der Waals surface area contributed by atoms with Crippen molar-refractivity contribution in [2.24, 2.45) is 0 Å². The summed E-state index contributed by atoms with van der Waals surface area (Å²) in [7, 11) is 0. The van der Waals surface area contributed by atoms with Crippen molar-refractivity contribution < 1.29 is 43.0 Å². The number of alkyl carbamates (subject to hydrolysis) is 1. The van der Waals surface area contributed by atoms with Gasteiger partial charge in [-0.05, 0) is 36.0 Å². The first-order valence-electron chi connectivity index (χ1n) is 15.7. The van der Waals surface area contributed by atoms with Crippen LogP contribution in [0.2, 0.25) is 0 Å². The molecule has 12 nitrogen and oxygen atoms in total. The SMILES string of the molecule is O=CC[C@@]1(C(=O)N[C@@H](CCC(=O)OCc2ccccc2)C(=O)OCc2ccccc2)CCCN1C(=O)CNC(=O)OCc1ccccc1. The van der Waals surface area contributed by atoms with Crippen molar-refractivity contribution >= 4 is 36.1 Å². The highest BCUT2D eigenvalue weighted by molar-refractivity contribution is 5.97. The van der Waals surface area contributed by atoms with E-state index in [4.69, 9.17) is 14.2 Å². The fourth-order valence-electron chi connectivity index (χ4n) is 5.38. The molecule has 0 saturated carbocycles. The number of carbonyl (C=O) groups is 6. The largest absolute Gasteiger partial charge is 0.461 e. The summed E-state index contributed by atoms with van der Waals surface area (Å²) in [5, 5.41) is 5.05. The molecule has 2 N–H and O–H groups in total. The molecular formula is C36H39N3O9. The minimum atomic E-state index is -1.61. The third-order valence-electron chi connectivity index (χ3n) is 7.92. The number of aldehydes is 1. The van der Waals surface area contributed by atoms with Crippen molar-refractivity contribution in [2.75, 3.05) is 13.1 Å². The Balaban J connectivity index is 1.40. The molecule has 12 heteroatoms. The maximum absolute atomic E-state index is 13.9. The number of rotatable bonds is 16. The zero-order valence-corrected chi connectivity index (χ0v) is 26.5. The first-order valence-corrected chi connectivity index (χ1v) is 15.7. The molecule has 1 aliphatic rings. The Morgan fingerprint density at radius 1 is 0.771 bits per heavy atom. The number of ether oxygens (including phenoxy) is 3. The Morgan fingerprint density at radius 3 is 1.88 bits per heavy atom. The van der Waals surface area contributed by atoms with Crippen molar-refractivity contribution in [1.82, 2.24) is 15.5 Å². The van der Waals surface area contributed by atoms with Gasteiger partial charge in [-0.15, -0.1) is 0 Å². The molecule has 48 heavy (non-hydrogen) atoms. The highest BCUT2D eigenvalue weighted by atomic mass is 16.5. The van der Waals surface area contributed by atoms with Crippen molar-refractivity contribution in [3.63, 3.8) is 0 Å². The van der Waals surface area contributed by atoms with Crippen LogP contribution in [0.5, 0.6) is 0 Å². The monoisotopic (exact) mass is 657 g/mol. The number of nitrogens with zero attached hydrogens (tertiary/aromatic N) is 1. The lowest BCUT2D eigenvalue weighted by Gasteiger charge is -2.37. The Kier molecular flexibility index (Phi) is 13.2. The second-order valence-electron chi connectivity index (χ2n) is 11.3. The summed E-state index contributed by atoms with van der Waals surface area (Å²) in [6.07, 6.45) is -0.432. The predicted molar refractivity (Wildman–Crippen MR) is 173 cm³/mol. The van der Waals surface area contributed by atoms with E-state index in [0.29, 0.717) is 12.7 Å². The predicted octanol–water partition coefficient (Wildman–Crippen LogP) is 3.61. The van der Waals surface area contributed by atoms with Gasteiger partial charge in [0.2, 0.25) is 11.8 Å². The molecule has 2 atom stereocenters. The Bertz CT molecular complexity index is 1540. The lowest BCUT2D eigenvalue weighted by Crippen LogP contribution is -2.61. The minimum absolute atomic E-state index is 0.00359. The van der Waals surface area contributed by atoms with E-state index in [2.05, 4.69) is 10.6 Å². The molecule has 1 saturated heterocycles. The summed E-state index contributed by atoms with van der Waals surface area (Å²) >= 11 is 0. The van der Waals surface area contributed by atoms with Crippen LogP contribution in [0.3, 0.4) is 0 Å². The average Bonchev–Trinajstić information content (AvgIpc) is 3.55. The van der Waals surface area contributed by atoms with Gasteiger partial charge in [0.25, 0.3) is 0 Å². The highest BCUT2D eigenvalue weighted by Gasteiger charge is 2.50. The number of hydrogen-bond donors (Lipinski definition) is 2. The number of amides is 3. The number of likely N-dealkylation sites (tertiary alicyclic amines) is 1. The van der Waals surface area contributed by atoms with Gasteiger partial charge in [-0.2, -0.15) is 0 Å². The van der Waals surface area contributed by atoms with E-state index in [1.165, 1.54) is 4.90 Å². The van der Waals surface area contributed by atoms with Gasteiger partial charge >= 0.3 is 18.0 Å². The van der Waals surface area contributed by atoms with E-state index in [1.807, 2.05) is 42.5 Å². The molecule has 0 unspecified atom stereocenters. The third-order valence-corrected chi connectivity index (χ3v) is 7.92. The Hall–Kier alpha value is -5.52. The minimum Gasteiger partial charge on any atom is -0.461 e. The van der Waals surface area contributed by atoms with Crippen LogP contribution in [0.4, 0.5) is 4.79 Å². The van der Waals surface area contributed by atoms with Gasteiger partial charge in [0, 0.05) is 19.4 Å². The fourth-order valence-corrected chi connectivity index (χ4v) is 5.38. The fraction of sp³-hybridized carbons (Fsp3) is 0.333. The van der Waals surface area contributed by atoms with Gasteiger partial charge in [0.1, 0.15) is 44.2 Å². The van der Waals surface area contributed by atoms with Crippen LogP contribution in [0.25, 0.3) is 0 Å². The molecule has 3 amide bonds. The number of nitrogens with one attached hydrogen (secondary N) is 2. The molecule has 1 fully saturated rings. The highest BCUT2D eigenvalue weighted by Crippen LogP contribution is 2.33. The van der Waals surface area contributed by atoms with Crippen LogP contribution in [0.15, 0.2) is 91.0 Å². The van der Waals surface area contributed by atoms with E-state index >= 15 is 0 Å². The molecule has 0 aliphatic carbocycles. The molecule has 0 radical (unpaired) electrons. The number of benzene rings is 3. The van der Waals surface area contributed by atoms with Crippen molar-refractivity contribution in [1.29, 1.82) is 0 Å². The molecule has 252 valence electrons. The normalized spacial score (nSPS) is 15.9. The standard InChI is InChI=1S/C36H39N3O9/c40-22-20-36(19-10-21-39(36)31(41)23-37-35(45)48-26-29-15-8-3-9-16-29)34(44)38-30(33(43)47-25-28-13-6-2-7-14-28)17-18-32(42)46-24-27-11-4-1-5-12-27/h1-9,11-16,22,30H,10,17-21,23-26H2,(H,37,45)(H,38,44)/t30-,36+/m0/s1. The summed E-state index contributed by atoms with van der Waals surface area (Å²) < 4.78 is 16.0. The van der Waals surface area contributed by atoms with E-state index in [0.717, 1.165) is 16.7 Å². The molecule has 0 aromatic heterocycles. The van der Waals surface area contributed by atoms with Gasteiger partial charge in [0.15, 0.2) is 0 Å². The molecule has 3 aromatic rings.